The molecule has 4 heteroatoms. The molecule has 0 saturated carbocycles. The van der Waals surface area contributed by atoms with Gasteiger partial charge in [0, 0.05) is 18.9 Å². The first-order valence-corrected chi connectivity index (χ1v) is 7.00. The van der Waals surface area contributed by atoms with Crippen LogP contribution in [0.5, 0.6) is 0 Å². The lowest BCUT2D eigenvalue weighted by atomic mass is 10.2. The zero-order valence-electron chi connectivity index (χ0n) is 8.27. The molecule has 0 aromatic heterocycles. The maximum absolute atomic E-state index is 5.34. The fourth-order valence-corrected chi connectivity index (χ4v) is 2.86. The van der Waals surface area contributed by atoms with Gasteiger partial charge in [0.25, 0.3) is 0 Å². The Morgan fingerprint density at radius 2 is 1.79 bits per heavy atom. The van der Waals surface area contributed by atoms with Crippen LogP contribution in [0.4, 0.5) is 0 Å². The predicted molar refractivity (Wildman–Crippen MR) is 71.6 cm³/mol. The van der Waals surface area contributed by atoms with E-state index >= 15 is 0 Å². The summed E-state index contributed by atoms with van der Waals surface area (Å²) in [5.41, 5.74) is 1.27. The highest BCUT2D eigenvalue weighted by atomic mass is 32.2. The number of hydrogen-bond acceptors (Lipinski definition) is 3. The van der Waals surface area contributed by atoms with Crippen molar-refractivity contribution in [3.63, 3.8) is 0 Å². The Balaban J connectivity index is 2.57. The van der Waals surface area contributed by atoms with E-state index in [9.17, 15) is 0 Å². The topological polar surface area (TPSA) is 3.24 Å². The van der Waals surface area contributed by atoms with Crippen LogP contribution in [0, 0.1) is 0 Å². The lowest BCUT2D eigenvalue weighted by molar-refractivity contribution is 1.11. The van der Waals surface area contributed by atoms with E-state index in [1.54, 1.807) is 23.9 Å². The maximum atomic E-state index is 5.34. The smallest absolute Gasteiger partial charge is 0.104 e. The van der Waals surface area contributed by atoms with Gasteiger partial charge >= 0.3 is 0 Å². The van der Waals surface area contributed by atoms with Crippen molar-refractivity contribution in [3.8, 4) is 0 Å². The number of nitrogens with zero attached hydrogens (tertiary/aromatic N) is 1. The number of benzene rings is 1. The summed E-state index contributed by atoms with van der Waals surface area (Å²) in [5.74, 6) is 0. The molecular formula is C10H13NS3. The van der Waals surface area contributed by atoms with Crippen molar-refractivity contribution in [2.24, 2.45) is 0 Å². The molecular weight excluding hydrogens is 230 g/mol. The lowest BCUT2D eigenvalue weighted by Crippen LogP contribution is -2.16. The number of rotatable bonds is 4. The van der Waals surface area contributed by atoms with E-state index < -0.39 is 0 Å². The zero-order valence-corrected chi connectivity index (χ0v) is 10.7. The minimum Gasteiger partial charge on any atom is -0.252 e. The van der Waals surface area contributed by atoms with Crippen LogP contribution in [0.25, 0.3) is 0 Å². The molecule has 1 rings (SSSR count). The van der Waals surface area contributed by atoms with Crippen LogP contribution in [0.15, 0.2) is 30.3 Å². The molecule has 0 heterocycles. The first kappa shape index (κ1) is 11.9. The van der Waals surface area contributed by atoms with Gasteiger partial charge < -0.3 is 0 Å². The second-order valence-corrected chi connectivity index (χ2v) is 4.84. The molecule has 14 heavy (non-hydrogen) atoms. The summed E-state index contributed by atoms with van der Waals surface area (Å²) in [6, 6.07) is 10.3. The van der Waals surface area contributed by atoms with E-state index in [1.165, 1.54) is 5.56 Å². The van der Waals surface area contributed by atoms with Crippen molar-refractivity contribution in [1.82, 2.24) is 3.71 Å². The second-order valence-electron chi connectivity index (χ2n) is 2.68. The first-order chi connectivity index (χ1) is 6.77. The average Bonchev–Trinajstić information content (AvgIpc) is 2.21. The van der Waals surface area contributed by atoms with Crippen molar-refractivity contribution >= 4 is 41.1 Å². The van der Waals surface area contributed by atoms with Crippen LogP contribution in [-0.2, 0) is 6.42 Å². The third kappa shape index (κ3) is 3.52. The molecule has 1 aromatic carbocycles. The molecule has 0 radical (unpaired) electrons. The van der Waals surface area contributed by atoms with E-state index in [2.05, 4.69) is 15.8 Å². The van der Waals surface area contributed by atoms with Crippen LogP contribution < -0.4 is 0 Å². The second kappa shape index (κ2) is 6.32. The summed E-state index contributed by atoms with van der Waals surface area (Å²) in [6.07, 6.45) is 4.92. The third-order valence-corrected chi connectivity index (χ3v) is 4.29. The molecule has 0 saturated heterocycles. The molecule has 0 aliphatic carbocycles. The van der Waals surface area contributed by atoms with Gasteiger partial charge in [-0.15, -0.1) is 0 Å². The van der Waals surface area contributed by atoms with Crippen molar-refractivity contribution in [2.45, 2.75) is 6.42 Å². The van der Waals surface area contributed by atoms with Gasteiger partial charge in [0.05, 0.1) is 0 Å². The summed E-state index contributed by atoms with van der Waals surface area (Å²) >= 11 is 8.64. The largest absolute Gasteiger partial charge is 0.252 e. The quantitative estimate of drug-likeness (QED) is 0.588. The Bertz CT molecular complexity index is 283. The van der Waals surface area contributed by atoms with Gasteiger partial charge in [-0.05, 0) is 29.5 Å². The van der Waals surface area contributed by atoms with Gasteiger partial charge in [0.2, 0.25) is 0 Å². The SMILES string of the molecule is CSN(SC)C(=S)Cc1ccccc1. The zero-order chi connectivity index (χ0) is 10.4. The van der Waals surface area contributed by atoms with Gasteiger partial charge in [0.1, 0.15) is 4.99 Å². The molecule has 0 aliphatic rings. The van der Waals surface area contributed by atoms with Crippen molar-refractivity contribution in [1.29, 1.82) is 0 Å². The molecule has 0 aliphatic heterocycles. The van der Waals surface area contributed by atoms with Crippen LogP contribution in [0.1, 0.15) is 5.56 Å². The summed E-state index contributed by atoms with van der Waals surface area (Å²) in [7, 11) is 0. The monoisotopic (exact) mass is 243 g/mol. The standard InChI is InChI=1S/C10H13NS3/c1-13-11(14-2)10(12)8-9-6-4-3-5-7-9/h3-7H,8H2,1-2H3. The molecule has 0 atom stereocenters. The molecule has 0 bridgehead atoms. The van der Waals surface area contributed by atoms with E-state index in [4.69, 9.17) is 12.2 Å². The van der Waals surface area contributed by atoms with Crippen molar-refractivity contribution < 1.29 is 0 Å². The molecule has 0 fully saturated rings. The van der Waals surface area contributed by atoms with Gasteiger partial charge in [-0.3, -0.25) is 3.71 Å². The third-order valence-electron chi connectivity index (χ3n) is 1.73. The van der Waals surface area contributed by atoms with Crippen molar-refractivity contribution in [3.05, 3.63) is 35.9 Å². The minimum absolute atomic E-state index is 0.845. The Hall–Kier alpha value is -0.190. The van der Waals surface area contributed by atoms with Gasteiger partial charge in [0.15, 0.2) is 0 Å². The Morgan fingerprint density at radius 3 is 2.29 bits per heavy atom. The van der Waals surface area contributed by atoms with Crippen molar-refractivity contribution in [2.75, 3.05) is 12.5 Å². The first-order valence-electron chi connectivity index (χ1n) is 4.23. The Labute approximate surface area is 99.5 Å². The van der Waals surface area contributed by atoms with Crippen LogP contribution in [-0.4, -0.2) is 21.2 Å². The maximum Gasteiger partial charge on any atom is 0.104 e. The number of thiocarbonyl (C=S) groups is 1. The normalized spacial score (nSPS) is 9.86. The molecule has 0 spiro atoms. The molecule has 0 amide bonds. The summed E-state index contributed by atoms with van der Waals surface area (Å²) < 4.78 is 2.06. The van der Waals surface area contributed by atoms with E-state index in [1.807, 2.05) is 30.7 Å². The van der Waals surface area contributed by atoms with Crippen LogP contribution >= 0.6 is 36.1 Å². The molecule has 0 unspecified atom stereocenters. The molecule has 76 valence electrons. The fourth-order valence-electron chi connectivity index (χ4n) is 1.11. The highest BCUT2D eigenvalue weighted by Crippen LogP contribution is 2.19. The average molecular weight is 243 g/mol. The van der Waals surface area contributed by atoms with E-state index in [0.29, 0.717) is 0 Å². The van der Waals surface area contributed by atoms with Crippen LogP contribution in [0.3, 0.4) is 0 Å². The van der Waals surface area contributed by atoms with Gasteiger partial charge in [-0.1, -0.05) is 42.5 Å². The lowest BCUT2D eigenvalue weighted by Gasteiger charge is -2.18. The Kier molecular flexibility index (Phi) is 5.37. The minimum atomic E-state index is 0.845. The van der Waals surface area contributed by atoms with Crippen LogP contribution in [0.2, 0.25) is 0 Å². The summed E-state index contributed by atoms with van der Waals surface area (Å²) in [4.78, 5) is 0.969. The van der Waals surface area contributed by atoms with E-state index in [0.717, 1.165) is 11.4 Å². The van der Waals surface area contributed by atoms with Gasteiger partial charge in [-0.25, -0.2) is 0 Å². The number of hydrogen-bond donors (Lipinski definition) is 0. The highest BCUT2D eigenvalue weighted by molar-refractivity contribution is 8.13. The summed E-state index contributed by atoms with van der Waals surface area (Å²) in [5, 5.41) is 0. The Morgan fingerprint density at radius 1 is 1.21 bits per heavy atom. The highest BCUT2D eigenvalue weighted by Gasteiger charge is 2.07. The van der Waals surface area contributed by atoms with Gasteiger partial charge in [-0.2, -0.15) is 0 Å². The molecule has 0 N–H and O–H groups in total. The molecule has 1 aromatic rings. The van der Waals surface area contributed by atoms with E-state index in [-0.39, 0.29) is 0 Å². The predicted octanol–water partition coefficient (Wildman–Crippen LogP) is 3.41. The molecule has 1 nitrogen and oxygen atoms in total. The summed E-state index contributed by atoms with van der Waals surface area (Å²) in [6.45, 7) is 0. The fraction of sp³-hybridized carbons (Fsp3) is 0.300.